The van der Waals surface area contributed by atoms with Gasteiger partial charge < -0.3 is 20.7 Å². The average Bonchev–Trinajstić information content (AvgIpc) is 2.60. The number of rotatable bonds is 6. The molecule has 0 heterocycles. The van der Waals surface area contributed by atoms with E-state index in [1.807, 2.05) is 24.3 Å². The van der Waals surface area contributed by atoms with Gasteiger partial charge in [0.05, 0.1) is 13.7 Å². The van der Waals surface area contributed by atoms with Crippen molar-refractivity contribution in [2.24, 2.45) is 0 Å². The molecule has 0 unspecified atom stereocenters. The fraction of sp³-hybridized carbons (Fsp3) is 0.176. The number of nitrogens with one attached hydrogen (secondary N) is 3. The Hall–Kier alpha value is -3.02. The van der Waals surface area contributed by atoms with Crippen LogP contribution in [-0.4, -0.2) is 32.5 Å². The van der Waals surface area contributed by atoms with Crippen LogP contribution in [0.15, 0.2) is 48.5 Å². The number of anilines is 2. The molecule has 0 saturated heterocycles. The Kier molecular flexibility index (Phi) is 5.57. The number of benzene rings is 2. The van der Waals surface area contributed by atoms with Crippen LogP contribution < -0.4 is 20.7 Å². The summed E-state index contributed by atoms with van der Waals surface area (Å²) in [7, 11) is 3.16. The minimum absolute atomic E-state index is 0.129. The van der Waals surface area contributed by atoms with Gasteiger partial charge in [-0.15, -0.1) is 0 Å². The second-order valence-corrected chi connectivity index (χ2v) is 4.79. The van der Waals surface area contributed by atoms with Gasteiger partial charge in [-0.2, -0.15) is 0 Å². The largest absolute Gasteiger partial charge is 0.497 e. The average molecular weight is 313 g/mol. The number of hydrogen-bond donors (Lipinski definition) is 3. The second kappa shape index (κ2) is 7.84. The SMILES string of the molecule is CNC(=O)c1ccc(NC(=O)CNc2cccc(OC)c2)cc1. The molecular formula is C17H19N3O3. The van der Waals surface area contributed by atoms with Gasteiger partial charge in [-0.25, -0.2) is 0 Å². The number of ether oxygens (including phenoxy) is 1. The number of hydrogen-bond acceptors (Lipinski definition) is 4. The van der Waals surface area contributed by atoms with Crippen molar-refractivity contribution in [1.29, 1.82) is 0 Å². The Morgan fingerprint density at radius 1 is 1.04 bits per heavy atom. The van der Waals surface area contributed by atoms with E-state index in [-0.39, 0.29) is 18.4 Å². The summed E-state index contributed by atoms with van der Waals surface area (Å²) >= 11 is 0. The monoisotopic (exact) mass is 313 g/mol. The number of carbonyl (C=O) groups excluding carboxylic acids is 2. The van der Waals surface area contributed by atoms with Gasteiger partial charge in [-0.1, -0.05) is 6.07 Å². The molecule has 0 aliphatic heterocycles. The quantitative estimate of drug-likeness (QED) is 0.763. The molecule has 0 aliphatic rings. The topological polar surface area (TPSA) is 79.5 Å². The highest BCUT2D eigenvalue weighted by atomic mass is 16.5. The number of carbonyl (C=O) groups is 2. The van der Waals surface area contributed by atoms with E-state index < -0.39 is 0 Å². The van der Waals surface area contributed by atoms with Gasteiger partial charge >= 0.3 is 0 Å². The smallest absolute Gasteiger partial charge is 0.251 e. The first-order valence-corrected chi connectivity index (χ1v) is 7.12. The normalized spacial score (nSPS) is 9.83. The van der Waals surface area contributed by atoms with Crippen molar-refractivity contribution in [3.05, 3.63) is 54.1 Å². The van der Waals surface area contributed by atoms with Crippen LogP contribution in [0.25, 0.3) is 0 Å². The Bertz CT molecular complexity index is 684. The van der Waals surface area contributed by atoms with E-state index in [4.69, 9.17) is 4.74 Å². The highest BCUT2D eigenvalue weighted by molar-refractivity contribution is 5.96. The lowest BCUT2D eigenvalue weighted by atomic mass is 10.2. The fourth-order valence-corrected chi connectivity index (χ4v) is 1.97. The maximum absolute atomic E-state index is 11.9. The van der Waals surface area contributed by atoms with Gasteiger partial charge in [0.15, 0.2) is 0 Å². The second-order valence-electron chi connectivity index (χ2n) is 4.79. The van der Waals surface area contributed by atoms with E-state index in [0.29, 0.717) is 11.3 Å². The van der Waals surface area contributed by atoms with Crippen molar-refractivity contribution in [2.75, 3.05) is 31.3 Å². The van der Waals surface area contributed by atoms with Crippen LogP contribution in [0.3, 0.4) is 0 Å². The van der Waals surface area contributed by atoms with Crippen LogP contribution in [-0.2, 0) is 4.79 Å². The number of amides is 2. The molecule has 0 atom stereocenters. The van der Waals surface area contributed by atoms with Gasteiger partial charge in [-0.3, -0.25) is 9.59 Å². The summed E-state index contributed by atoms with van der Waals surface area (Å²) in [5.74, 6) is 0.378. The Morgan fingerprint density at radius 2 is 1.78 bits per heavy atom. The van der Waals surface area contributed by atoms with Crippen molar-refractivity contribution >= 4 is 23.2 Å². The molecule has 2 rings (SSSR count). The molecular weight excluding hydrogens is 294 g/mol. The minimum Gasteiger partial charge on any atom is -0.497 e. The van der Waals surface area contributed by atoms with E-state index in [0.717, 1.165) is 11.4 Å². The van der Waals surface area contributed by atoms with Crippen molar-refractivity contribution in [1.82, 2.24) is 5.32 Å². The van der Waals surface area contributed by atoms with Crippen molar-refractivity contribution in [2.45, 2.75) is 0 Å². The van der Waals surface area contributed by atoms with Gasteiger partial charge in [0.1, 0.15) is 5.75 Å². The van der Waals surface area contributed by atoms with E-state index in [2.05, 4.69) is 16.0 Å². The third-order valence-corrected chi connectivity index (χ3v) is 3.18. The van der Waals surface area contributed by atoms with Crippen LogP contribution in [0.2, 0.25) is 0 Å². The standard InChI is InChI=1S/C17H19N3O3/c1-18-17(22)12-6-8-13(9-7-12)20-16(21)11-19-14-4-3-5-15(10-14)23-2/h3-10,19H,11H2,1-2H3,(H,18,22)(H,20,21). The van der Waals surface area contributed by atoms with E-state index in [1.54, 1.807) is 38.4 Å². The highest BCUT2D eigenvalue weighted by Gasteiger charge is 2.05. The van der Waals surface area contributed by atoms with Crippen molar-refractivity contribution < 1.29 is 14.3 Å². The molecule has 0 spiro atoms. The third kappa shape index (κ3) is 4.74. The lowest BCUT2D eigenvalue weighted by molar-refractivity contribution is -0.114. The maximum Gasteiger partial charge on any atom is 0.251 e. The minimum atomic E-state index is -0.180. The molecule has 6 nitrogen and oxygen atoms in total. The Balaban J connectivity index is 1.88. The summed E-state index contributed by atoms with van der Waals surface area (Å²) in [6.45, 7) is 0.129. The first-order valence-electron chi connectivity index (χ1n) is 7.12. The van der Waals surface area contributed by atoms with Crippen molar-refractivity contribution in [3.8, 4) is 5.75 Å². The predicted molar refractivity (Wildman–Crippen MR) is 89.9 cm³/mol. The molecule has 0 radical (unpaired) electrons. The van der Waals surface area contributed by atoms with Gasteiger partial charge in [0.25, 0.3) is 5.91 Å². The molecule has 0 aromatic heterocycles. The third-order valence-electron chi connectivity index (χ3n) is 3.18. The van der Waals surface area contributed by atoms with Gasteiger partial charge in [-0.05, 0) is 36.4 Å². The molecule has 23 heavy (non-hydrogen) atoms. The molecule has 0 saturated carbocycles. The predicted octanol–water partition coefficient (Wildman–Crippen LogP) is 2.11. The molecule has 0 fully saturated rings. The lowest BCUT2D eigenvalue weighted by Gasteiger charge is -2.09. The Morgan fingerprint density at radius 3 is 2.43 bits per heavy atom. The zero-order valence-corrected chi connectivity index (χ0v) is 13.1. The van der Waals surface area contributed by atoms with Gasteiger partial charge in [0, 0.05) is 30.1 Å². The number of methoxy groups -OCH3 is 1. The molecule has 6 heteroatoms. The summed E-state index contributed by atoms with van der Waals surface area (Å²) in [4.78, 5) is 23.4. The summed E-state index contributed by atoms with van der Waals surface area (Å²) in [6, 6.07) is 14.0. The van der Waals surface area contributed by atoms with Crippen LogP contribution in [0.5, 0.6) is 5.75 Å². The van der Waals surface area contributed by atoms with E-state index in [1.165, 1.54) is 0 Å². The fourth-order valence-electron chi connectivity index (χ4n) is 1.97. The molecule has 120 valence electrons. The van der Waals surface area contributed by atoms with Crippen LogP contribution in [0.4, 0.5) is 11.4 Å². The van der Waals surface area contributed by atoms with Crippen LogP contribution >= 0.6 is 0 Å². The molecule has 0 bridgehead atoms. The zero-order chi connectivity index (χ0) is 16.7. The van der Waals surface area contributed by atoms with Crippen LogP contribution in [0, 0.1) is 0 Å². The first-order chi connectivity index (χ1) is 11.1. The summed E-state index contributed by atoms with van der Waals surface area (Å²) in [5, 5.41) is 8.33. The molecule has 2 amide bonds. The first kappa shape index (κ1) is 16.4. The molecule has 2 aromatic carbocycles. The molecule has 2 aromatic rings. The van der Waals surface area contributed by atoms with E-state index in [9.17, 15) is 9.59 Å². The van der Waals surface area contributed by atoms with E-state index >= 15 is 0 Å². The molecule has 0 aliphatic carbocycles. The van der Waals surface area contributed by atoms with Crippen LogP contribution in [0.1, 0.15) is 10.4 Å². The summed E-state index contributed by atoms with van der Waals surface area (Å²) in [6.07, 6.45) is 0. The lowest BCUT2D eigenvalue weighted by Crippen LogP contribution is -2.22. The Labute approximate surface area is 134 Å². The van der Waals surface area contributed by atoms with Crippen molar-refractivity contribution in [3.63, 3.8) is 0 Å². The van der Waals surface area contributed by atoms with Gasteiger partial charge in [0.2, 0.25) is 5.91 Å². The maximum atomic E-state index is 11.9. The zero-order valence-electron chi connectivity index (χ0n) is 13.1. The summed E-state index contributed by atoms with van der Waals surface area (Å²) < 4.78 is 5.12. The summed E-state index contributed by atoms with van der Waals surface area (Å²) in [5.41, 5.74) is 1.98. The molecule has 3 N–H and O–H groups in total. The highest BCUT2D eigenvalue weighted by Crippen LogP contribution is 2.16.